The summed E-state index contributed by atoms with van der Waals surface area (Å²) in [6, 6.07) is 9.55. The van der Waals surface area contributed by atoms with Crippen LogP contribution in [0.2, 0.25) is 0 Å². The molecule has 0 aliphatic heterocycles. The van der Waals surface area contributed by atoms with Crippen molar-refractivity contribution in [3.05, 3.63) is 41.5 Å². The third-order valence-electron chi connectivity index (χ3n) is 6.65. The average Bonchev–Trinajstić information content (AvgIpc) is 3.43. The predicted octanol–water partition coefficient (Wildman–Crippen LogP) is 4.35. The molecule has 7 nitrogen and oxygen atoms in total. The van der Waals surface area contributed by atoms with Crippen molar-refractivity contribution in [3.8, 4) is 28.7 Å². The van der Waals surface area contributed by atoms with Crippen LogP contribution in [0.1, 0.15) is 41.6 Å². The number of benzene rings is 2. The second kappa shape index (κ2) is 11.0. The highest BCUT2D eigenvalue weighted by Gasteiger charge is 2.40. The zero-order chi connectivity index (χ0) is 22.7. The van der Waals surface area contributed by atoms with Gasteiger partial charge < -0.3 is 30.0 Å². The second-order valence-corrected chi connectivity index (χ2v) is 8.56. The van der Waals surface area contributed by atoms with Crippen molar-refractivity contribution >= 4 is 18.3 Å². The molecule has 0 aromatic heterocycles. The summed E-state index contributed by atoms with van der Waals surface area (Å²) in [4.78, 5) is 13.3. The zero-order valence-corrected chi connectivity index (χ0v) is 20.2. The van der Waals surface area contributed by atoms with Gasteiger partial charge in [-0.15, -0.1) is 12.4 Å². The Morgan fingerprint density at radius 2 is 1.70 bits per heavy atom. The summed E-state index contributed by atoms with van der Waals surface area (Å²) in [5, 5.41) is 3.22. The fourth-order valence-electron chi connectivity index (χ4n) is 5.11. The molecule has 2 aliphatic rings. The van der Waals surface area contributed by atoms with Crippen LogP contribution < -0.4 is 30.0 Å². The smallest absolute Gasteiger partial charge is 0.255 e. The number of carbonyl (C=O) groups is 1. The molecule has 33 heavy (non-hydrogen) atoms. The van der Waals surface area contributed by atoms with Crippen molar-refractivity contribution in [1.82, 2.24) is 5.32 Å². The van der Waals surface area contributed by atoms with Gasteiger partial charge in [-0.2, -0.15) is 0 Å². The lowest BCUT2D eigenvalue weighted by Crippen LogP contribution is -2.38. The number of ether oxygens (including phenoxy) is 4. The predicted molar refractivity (Wildman–Crippen MR) is 129 cm³/mol. The monoisotopic (exact) mass is 476 g/mol. The highest BCUT2D eigenvalue weighted by atomic mass is 35.5. The Hall–Kier alpha value is -2.64. The van der Waals surface area contributed by atoms with E-state index in [2.05, 4.69) is 5.32 Å². The van der Waals surface area contributed by atoms with Crippen molar-refractivity contribution in [2.75, 3.05) is 27.9 Å². The van der Waals surface area contributed by atoms with Gasteiger partial charge in [0, 0.05) is 12.1 Å². The topological polar surface area (TPSA) is 92.0 Å². The number of rotatable bonds is 9. The Kier molecular flexibility index (Phi) is 8.32. The van der Waals surface area contributed by atoms with E-state index in [9.17, 15) is 4.79 Å². The van der Waals surface area contributed by atoms with E-state index in [1.54, 1.807) is 6.07 Å². The molecule has 1 amide bonds. The molecule has 2 saturated carbocycles. The number of hydrogen-bond donors (Lipinski definition) is 2. The van der Waals surface area contributed by atoms with Crippen molar-refractivity contribution in [2.45, 2.75) is 38.1 Å². The highest BCUT2D eigenvalue weighted by molar-refractivity contribution is 5.99. The lowest BCUT2D eigenvalue weighted by atomic mass is 9.95. The van der Waals surface area contributed by atoms with Crippen molar-refractivity contribution in [3.63, 3.8) is 0 Å². The van der Waals surface area contributed by atoms with Crippen molar-refractivity contribution < 1.29 is 23.7 Å². The summed E-state index contributed by atoms with van der Waals surface area (Å²) in [5.74, 6) is 3.14. The van der Waals surface area contributed by atoms with Gasteiger partial charge in [-0.25, -0.2) is 0 Å². The van der Waals surface area contributed by atoms with Gasteiger partial charge in [0.1, 0.15) is 5.75 Å². The molecular formula is C25H33ClN2O5. The molecule has 180 valence electrons. The molecule has 0 heterocycles. The van der Waals surface area contributed by atoms with Crippen molar-refractivity contribution in [1.29, 1.82) is 0 Å². The zero-order valence-electron chi connectivity index (χ0n) is 19.4. The molecule has 2 bridgehead atoms. The number of nitrogens with two attached hydrogens (primary N) is 1. The van der Waals surface area contributed by atoms with Gasteiger partial charge in [0.05, 0.1) is 26.9 Å². The van der Waals surface area contributed by atoms with Gasteiger partial charge >= 0.3 is 0 Å². The number of nitrogens with one attached hydrogen (secondary N) is 1. The maximum Gasteiger partial charge on any atom is 0.255 e. The van der Waals surface area contributed by atoms with Gasteiger partial charge in [0.15, 0.2) is 11.5 Å². The first-order valence-electron chi connectivity index (χ1n) is 11.2. The minimum absolute atomic E-state index is 0. The normalized spacial score (nSPS) is 20.7. The molecule has 2 fully saturated rings. The van der Waals surface area contributed by atoms with Crippen LogP contribution in [0.4, 0.5) is 0 Å². The average molecular weight is 477 g/mol. The highest BCUT2D eigenvalue weighted by Crippen LogP contribution is 2.49. The minimum atomic E-state index is -0.191. The van der Waals surface area contributed by atoms with Crippen LogP contribution in [0.15, 0.2) is 30.3 Å². The molecule has 8 heteroatoms. The van der Waals surface area contributed by atoms with E-state index in [-0.39, 0.29) is 24.4 Å². The Balaban J connectivity index is 0.00000306. The number of methoxy groups -OCH3 is 3. The number of amides is 1. The largest absolute Gasteiger partial charge is 0.492 e. The Morgan fingerprint density at radius 3 is 2.24 bits per heavy atom. The summed E-state index contributed by atoms with van der Waals surface area (Å²) in [6.45, 7) is 0.588. The fraction of sp³-hybridized carbons (Fsp3) is 0.480. The molecule has 2 aromatic rings. The van der Waals surface area contributed by atoms with Crippen LogP contribution in [0.5, 0.6) is 28.7 Å². The van der Waals surface area contributed by atoms with Crippen LogP contribution in [0.25, 0.3) is 0 Å². The molecular weight excluding hydrogens is 444 g/mol. The maximum atomic E-state index is 13.3. The standard InChI is InChI=1S/C25H32N2O5.ClH/c1-29-22-19(25(28)27-20-13-16-4-7-17(20)12-16)14-21(23(30-2)24(22)31-3)32-18-8-5-15(6-9-18)10-11-26;/h5-6,8-9,14,16-17,20H,4,7,10-13,26H2,1-3H3,(H,27,28);1H/t16-,17+,20-;/m1./s1. The van der Waals surface area contributed by atoms with E-state index in [0.717, 1.165) is 24.3 Å². The van der Waals surface area contributed by atoms with E-state index in [1.165, 1.54) is 40.6 Å². The fourth-order valence-corrected chi connectivity index (χ4v) is 5.11. The molecule has 0 saturated heterocycles. The lowest BCUT2D eigenvalue weighted by Gasteiger charge is -2.24. The van der Waals surface area contributed by atoms with Gasteiger partial charge in [-0.05, 0) is 61.8 Å². The summed E-state index contributed by atoms with van der Waals surface area (Å²) < 4.78 is 22.8. The molecule has 3 atom stereocenters. The first kappa shape index (κ1) is 25.0. The third-order valence-corrected chi connectivity index (χ3v) is 6.65. The second-order valence-electron chi connectivity index (χ2n) is 8.56. The van der Waals surface area contributed by atoms with Crippen molar-refractivity contribution in [2.24, 2.45) is 17.6 Å². The molecule has 2 aromatic carbocycles. The molecule has 0 unspecified atom stereocenters. The van der Waals surface area contributed by atoms with Crippen LogP contribution in [-0.2, 0) is 6.42 Å². The Labute approximate surface area is 201 Å². The lowest BCUT2D eigenvalue weighted by molar-refractivity contribution is 0.0918. The Morgan fingerprint density at radius 1 is 1.00 bits per heavy atom. The molecule has 4 rings (SSSR count). The van der Waals surface area contributed by atoms with Gasteiger partial charge in [0.2, 0.25) is 11.5 Å². The molecule has 0 spiro atoms. The summed E-state index contributed by atoms with van der Waals surface area (Å²) >= 11 is 0. The van der Waals surface area contributed by atoms with Gasteiger partial charge in [0.25, 0.3) is 5.91 Å². The Bertz CT molecular complexity index is 966. The van der Waals surface area contributed by atoms with E-state index >= 15 is 0 Å². The number of fused-ring (bicyclic) bond motifs is 2. The SMILES string of the molecule is COc1c(Oc2ccc(CCN)cc2)cc(C(=O)N[C@@H]2C[C@@H]3CC[C@H]2C3)c(OC)c1OC.Cl. The van der Waals surface area contributed by atoms with E-state index in [4.69, 9.17) is 24.7 Å². The van der Waals surface area contributed by atoms with E-state index < -0.39 is 0 Å². The third kappa shape index (κ3) is 5.14. The molecule has 3 N–H and O–H groups in total. The van der Waals surface area contributed by atoms with Crippen LogP contribution in [0, 0.1) is 11.8 Å². The summed E-state index contributed by atoms with van der Waals surface area (Å²) in [7, 11) is 4.56. The summed E-state index contributed by atoms with van der Waals surface area (Å²) in [6.07, 6.45) is 5.52. The van der Waals surface area contributed by atoms with Crippen LogP contribution in [0.3, 0.4) is 0 Å². The molecule has 2 aliphatic carbocycles. The molecule has 0 radical (unpaired) electrons. The number of carbonyl (C=O) groups excluding carboxylic acids is 1. The maximum absolute atomic E-state index is 13.3. The van der Waals surface area contributed by atoms with E-state index in [0.29, 0.717) is 46.8 Å². The van der Waals surface area contributed by atoms with Gasteiger partial charge in [-0.3, -0.25) is 4.79 Å². The first-order chi connectivity index (χ1) is 15.6. The summed E-state index contributed by atoms with van der Waals surface area (Å²) in [5.41, 5.74) is 7.12. The first-order valence-corrected chi connectivity index (χ1v) is 11.2. The number of halogens is 1. The van der Waals surface area contributed by atoms with Crippen LogP contribution in [-0.4, -0.2) is 39.8 Å². The minimum Gasteiger partial charge on any atom is -0.492 e. The quantitative estimate of drug-likeness (QED) is 0.559. The van der Waals surface area contributed by atoms with E-state index in [1.807, 2.05) is 24.3 Å². The number of hydrogen-bond acceptors (Lipinski definition) is 6. The van der Waals surface area contributed by atoms with Crippen LogP contribution >= 0.6 is 12.4 Å². The van der Waals surface area contributed by atoms with Gasteiger partial charge in [-0.1, -0.05) is 18.6 Å².